The summed E-state index contributed by atoms with van der Waals surface area (Å²) in [7, 11) is -3.22. The summed E-state index contributed by atoms with van der Waals surface area (Å²) in [5.74, 6) is 0.160. The van der Waals surface area contributed by atoms with Crippen LogP contribution in [0, 0.1) is 0 Å². The van der Waals surface area contributed by atoms with Crippen molar-refractivity contribution in [3.05, 3.63) is 30.1 Å². The van der Waals surface area contributed by atoms with E-state index in [-0.39, 0.29) is 11.8 Å². The van der Waals surface area contributed by atoms with Crippen LogP contribution in [-0.4, -0.2) is 31.7 Å². The van der Waals surface area contributed by atoms with E-state index in [4.69, 9.17) is 0 Å². The molecule has 2 rings (SSSR count). The zero-order chi connectivity index (χ0) is 12.8. The van der Waals surface area contributed by atoms with Crippen LogP contribution in [-0.2, 0) is 16.6 Å². The number of hydrogen-bond donors (Lipinski definition) is 2. The SMILES string of the molecule is O=S(=O)(CC1CCCCN1)NCc1cccnc1. The van der Waals surface area contributed by atoms with Crippen LogP contribution in [0.15, 0.2) is 24.5 Å². The molecule has 1 unspecified atom stereocenters. The van der Waals surface area contributed by atoms with Gasteiger partial charge in [-0.2, -0.15) is 0 Å². The highest BCUT2D eigenvalue weighted by Gasteiger charge is 2.20. The number of pyridine rings is 1. The lowest BCUT2D eigenvalue weighted by atomic mass is 10.1. The Morgan fingerprint density at radius 1 is 1.44 bits per heavy atom. The molecule has 1 aliphatic rings. The van der Waals surface area contributed by atoms with Crippen molar-refractivity contribution in [3.63, 3.8) is 0 Å². The fraction of sp³-hybridized carbons (Fsp3) is 0.583. The van der Waals surface area contributed by atoms with E-state index >= 15 is 0 Å². The van der Waals surface area contributed by atoms with Crippen molar-refractivity contribution in [1.82, 2.24) is 15.0 Å². The van der Waals surface area contributed by atoms with Crippen molar-refractivity contribution in [3.8, 4) is 0 Å². The van der Waals surface area contributed by atoms with Crippen molar-refractivity contribution < 1.29 is 8.42 Å². The van der Waals surface area contributed by atoms with Crippen LogP contribution in [0.25, 0.3) is 0 Å². The second-order valence-corrected chi connectivity index (χ2v) is 6.46. The van der Waals surface area contributed by atoms with E-state index in [9.17, 15) is 8.42 Å². The minimum absolute atomic E-state index is 0.0881. The first-order chi connectivity index (χ1) is 8.66. The predicted octanol–water partition coefficient (Wildman–Crippen LogP) is 0.643. The lowest BCUT2D eigenvalue weighted by molar-refractivity contribution is 0.422. The monoisotopic (exact) mass is 269 g/mol. The molecule has 1 aromatic rings. The molecule has 0 bridgehead atoms. The standard InChI is InChI=1S/C12H19N3O2S/c16-18(17,10-12-5-1-2-7-14-12)15-9-11-4-3-6-13-8-11/h3-4,6,8,12,14-15H,1-2,5,7,9-10H2. The third-order valence-electron chi connectivity index (χ3n) is 3.05. The maximum Gasteiger partial charge on any atom is 0.213 e. The molecule has 18 heavy (non-hydrogen) atoms. The minimum Gasteiger partial charge on any atom is -0.313 e. The van der Waals surface area contributed by atoms with E-state index in [2.05, 4.69) is 15.0 Å². The maximum atomic E-state index is 11.9. The smallest absolute Gasteiger partial charge is 0.213 e. The number of sulfonamides is 1. The molecular weight excluding hydrogens is 250 g/mol. The van der Waals surface area contributed by atoms with Gasteiger partial charge in [0.1, 0.15) is 0 Å². The summed E-state index contributed by atoms with van der Waals surface area (Å²) < 4.78 is 26.4. The highest BCUT2D eigenvalue weighted by molar-refractivity contribution is 7.89. The highest BCUT2D eigenvalue weighted by Crippen LogP contribution is 2.08. The number of rotatable bonds is 5. The number of nitrogens with zero attached hydrogens (tertiary/aromatic N) is 1. The van der Waals surface area contributed by atoms with E-state index in [1.54, 1.807) is 18.5 Å². The third kappa shape index (κ3) is 4.36. The van der Waals surface area contributed by atoms with Gasteiger partial charge in [0.25, 0.3) is 0 Å². The van der Waals surface area contributed by atoms with Crippen molar-refractivity contribution in [2.75, 3.05) is 12.3 Å². The molecule has 0 amide bonds. The van der Waals surface area contributed by atoms with Crippen molar-refractivity contribution in [1.29, 1.82) is 0 Å². The summed E-state index contributed by atoms with van der Waals surface area (Å²) in [6, 6.07) is 3.74. The van der Waals surface area contributed by atoms with Crippen LogP contribution in [0.3, 0.4) is 0 Å². The number of piperidine rings is 1. The second kappa shape index (κ2) is 6.26. The van der Waals surface area contributed by atoms with Gasteiger partial charge < -0.3 is 5.32 Å². The lowest BCUT2D eigenvalue weighted by Crippen LogP contribution is -2.42. The van der Waals surface area contributed by atoms with Crippen LogP contribution >= 0.6 is 0 Å². The zero-order valence-corrected chi connectivity index (χ0v) is 11.1. The van der Waals surface area contributed by atoms with Crippen LogP contribution < -0.4 is 10.0 Å². The molecule has 0 saturated carbocycles. The second-order valence-electron chi connectivity index (χ2n) is 4.61. The normalized spacial score (nSPS) is 20.8. The summed E-state index contributed by atoms with van der Waals surface area (Å²) >= 11 is 0. The molecule has 1 aliphatic heterocycles. The summed E-state index contributed by atoms with van der Waals surface area (Å²) in [6.45, 7) is 1.23. The Labute approximate surface area is 108 Å². The Morgan fingerprint density at radius 3 is 3.00 bits per heavy atom. The van der Waals surface area contributed by atoms with Gasteiger partial charge in [0, 0.05) is 25.0 Å². The van der Waals surface area contributed by atoms with E-state index in [1.807, 2.05) is 6.07 Å². The largest absolute Gasteiger partial charge is 0.313 e. The van der Waals surface area contributed by atoms with E-state index in [1.165, 1.54) is 0 Å². The Bertz CT molecular complexity index is 455. The first-order valence-electron chi connectivity index (χ1n) is 6.25. The van der Waals surface area contributed by atoms with Crippen LogP contribution in [0.1, 0.15) is 24.8 Å². The number of nitrogens with one attached hydrogen (secondary N) is 2. The summed E-state index contributed by atoms with van der Waals surface area (Å²) in [6.07, 6.45) is 6.52. The molecule has 0 aromatic carbocycles. The first kappa shape index (κ1) is 13.5. The minimum atomic E-state index is -3.22. The molecule has 6 heteroatoms. The molecular formula is C12H19N3O2S. The van der Waals surface area contributed by atoms with E-state index in [0.717, 1.165) is 31.4 Å². The maximum absolute atomic E-state index is 11.9. The zero-order valence-electron chi connectivity index (χ0n) is 10.3. The van der Waals surface area contributed by atoms with E-state index < -0.39 is 10.0 Å². The molecule has 0 spiro atoms. The van der Waals surface area contributed by atoms with Crippen LogP contribution in [0.5, 0.6) is 0 Å². The molecule has 1 atom stereocenters. The molecule has 1 aromatic heterocycles. The fourth-order valence-corrected chi connectivity index (χ4v) is 3.40. The summed E-state index contributed by atoms with van der Waals surface area (Å²) in [4.78, 5) is 3.95. The Kier molecular flexibility index (Phi) is 4.68. The van der Waals surface area contributed by atoms with Crippen molar-refractivity contribution >= 4 is 10.0 Å². The van der Waals surface area contributed by atoms with Gasteiger partial charge in [-0.05, 0) is 31.0 Å². The molecule has 0 radical (unpaired) electrons. The van der Waals surface area contributed by atoms with Crippen molar-refractivity contribution in [2.45, 2.75) is 31.8 Å². The van der Waals surface area contributed by atoms with Gasteiger partial charge in [-0.1, -0.05) is 12.5 Å². The quantitative estimate of drug-likeness (QED) is 0.823. The van der Waals surface area contributed by atoms with Gasteiger partial charge in [-0.25, -0.2) is 13.1 Å². The molecule has 1 saturated heterocycles. The van der Waals surface area contributed by atoms with Crippen molar-refractivity contribution in [2.24, 2.45) is 0 Å². The predicted molar refractivity (Wildman–Crippen MR) is 70.5 cm³/mol. The molecule has 2 N–H and O–H groups in total. The third-order valence-corrected chi connectivity index (χ3v) is 4.48. The Hall–Kier alpha value is -0.980. The molecule has 5 nitrogen and oxygen atoms in total. The highest BCUT2D eigenvalue weighted by atomic mass is 32.2. The van der Waals surface area contributed by atoms with Gasteiger partial charge in [0.05, 0.1) is 5.75 Å². The van der Waals surface area contributed by atoms with Gasteiger partial charge >= 0.3 is 0 Å². The van der Waals surface area contributed by atoms with Gasteiger partial charge in [-0.3, -0.25) is 4.98 Å². The fourth-order valence-electron chi connectivity index (χ4n) is 2.09. The van der Waals surface area contributed by atoms with Crippen LogP contribution in [0.4, 0.5) is 0 Å². The average molecular weight is 269 g/mol. The molecule has 100 valence electrons. The lowest BCUT2D eigenvalue weighted by Gasteiger charge is -2.23. The number of aromatic nitrogens is 1. The topological polar surface area (TPSA) is 71.1 Å². The van der Waals surface area contributed by atoms with Gasteiger partial charge in [0.2, 0.25) is 10.0 Å². The van der Waals surface area contributed by atoms with E-state index in [0.29, 0.717) is 6.54 Å². The molecule has 0 aliphatic carbocycles. The Balaban J connectivity index is 1.83. The molecule has 1 fully saturated rings. The van der Waals surface area contributed by atoms with Crippen LogP contribution in [0.2, 0.25) is 0 Å². The average Bonchev–Trinajstić information content (AvgIpc) is 2.38. The summed E-state index contributed by atoms with van der Waals surface area (Å²) in [5, 5.41) is 3.24. The number of hydrogen-bond acceptors (Lipinski definition) is 4. The summed E-state index contributed by atoms with van der Waals surface area (Å²) in [5.41, 5.74) is 0.873. The van der Waals surface area contributed by atoms with Gasteiger partial charge in [0.15, 0.2) is 0 Å². The van der Waals surface area contributed by atoms with Gasteiger partial charge in [-0.15, -0.1) is 0 Å². The molecule has 2 heterocycles. The first-order valence-corrected chi connectivity index (χ1v) is 7.90. The Morgan fingerprint density at radius 2 is 2.33 bits per heavy atom.